The highest BCUT2D eigenvalue weighted by molar-refractivity contribution is 6.08. The summed E-state index contributed by atoms with van der Waals surface area (Å²) in [6.45, 7) is 12.1. The van der Waals surface area contributed by atoms with Crippen LogP contribution in [-0.4, -0.2) is 161 Å². The summed E-state index contributed by atoms with van der Waals surface area (Å²) in [5.74, 6) is -7.40. The van der Waals surface area contributed by atoms with E-state index in [0.717, 1.165) is 42.4 Å². The molecule has 7 N–H and O–H groups in total. The van der Waals surface area contributed by atoms with Crippen LogP contribution in [0.5, 0.6) is 0 Å². The second-order valence-electron chi connectivity index (χ2n) is 21.8. The van der Waals surface area contributed by atoms with Gasteiger partial charge in [-0.25, -0.2) is 13.2 Å². The van der Waals surface area contributed by atoms with E-state index < -0.39 is 82.7 Å². The number of hydrogen-bond acceptors (Lipinski definition) is 13. The van der Waals surface area contributed by atoms with Gasteiger partial charge in [0, 0.05) is 81.1 Å². The van der Waals surface area contributed by atoms with Crippen molar-refractivity contribution in [3.05, 3.63) is 119 Å². The zero-order valence-electron chi connectivity index (χ0n) is 45.3. The number of Topliss-reactive ketones (excluding diaryl/α,β-unsaturated/α-hetero) is 1. The van der Waals surface area contributed by atoms with Crippen LogP contribution in [0.2, 0.25) is 0 Å². The molecule has 5 aliphatic rings. The fraction of sp³-hybridized carbons (Fsp3) is 0.483. The molecule has 4 aromatic rings. The van der Waals surface area contributed by atoms with E-state index in [4.69, 9.17) is 9.47 Å². The number of piperazine rings is 1. The van der Waals surface area contributed by atoms with Crippen molar-refractivity contribution in [2.24, 2.45) is 5.92 Å². The number of hydrogen-bond donors (Lipinski definition) is 7. The maximum Gasteiger partial charge on any atom is 0.243 e. The van der Waals surface area contributed by atoms with Crippen molar-refractivity contribution in [2.75, 3.05) is 100 Å². The van der Waals surface area contributed by atoms with E-state index >= 15 is 8.78 Å². The van der Waals surface area contributed by atoms with Crippen LogP contribution in [0.15, 0.2) is 78.9 Å². The van der Waals surface area contributed by atoms with Crippen LogP contribution in [0.4, 0.5) is 35.9 Å². The number of rotatable bonds is 18. The minimum Gasteiger partial charge on any atom is -0.381 e. The maximum absolute atomic E-state index is 15.0. The fourth-order valence-corrected chi connectivity index (χ4v) is 11.5. The molecule has 4 aromatic carbocycles. The molecule has 0 aromatic heterocycles. The molecule has 1 unspecified atom stereocenters. The summed E-state index contributed by atoms with van der Waals surface area (Å²) in [7, 11) is 1.61. The monoisotopic (exact) mass is 1090 g/mol. The van der Waals surface area contributed by atoms with E-state index in [-0.39, 0.29) is 60.1 Å². The number of carbonyl (C=O) groups is 6. The van der Waals surface area contributed by atoms with Crippen LogP contribution >= 0.6 is 0 Å². The predicted molar refractivity (Wildman–Crippen MR) is 292 cm³/mol. The third-order valence-corrected chi connectivity index (χ3v) is 16.3. The van der Waals surface area contributed by atoms with Crippen molar-refractivity contribution in [1.82, 2.24) is 31.1 Å². The van der Waals surface area contributed by atoms with Crippen LogP contribution < -0.4 is 42.1 Å². The Labute approximate surface area is 458 Å². The maximum atomic E-state index is 15.0. The smallest absolute Gasteiger partial charge is 0.243 e. The molecule has 9 rings (SSSR count). The molecule has 3 saturated heterocycles. The first-order valence-corrected chi connectivity index (χ1v) is 27.2. The summed E-state index contributed by atoms with van der Waals surface area (Å²) in [5.41, 5.74) is 1.62. The number of ether oxygens (including phenoxy) is 2. The number of ketones is 1. The van der Waals surface area contributed by atoms with Crippen molar-refractivity contribution in [3.8, 4) is 0 Å². The molecule has 79 heavy (non-hydrogen) atoms. The highest BCUT2D eigenvalue weighted by Crippen LogP contribution is 2.43. The predicted octanol–water partition coefficient (Wildman–Crippen LogP) is 4.04. The molecular weight excluding hydrogens is 1020 g/mol. The molecule has 0 bridgehead atoms. The molecule has 3 fully saturated rings. The third kappa shape index (κ3) is 12.8. The Bertz CT molecular complexity index is 2910. The lowest BCUT2D eigenvalue weighted by molar-refractivity contribution is -0.132. The van der Waals surface area contributed by atoms with E-state index in [0.29, 0.717) is 75.7 Å². The quantitative estimate of drug-likeness (QED) is 0.0751. The standard InChI is InChI=1S/C58H71F3N10O8/c1-33-28-70(41(26-63-33)29-69-19-22-79-31-34(69)2)30-49(73)71-32-58(4,43-15-11-37(24-47(43)71)23-36-9-12-39(59)13-10-36)57(77)64-27-48(72)65-40-14-16-46-42(25-40)50(56(76)68-52-44(60)7-6-8-45(52)61)53(66-46)54(74)51(38-17-20-78-21-18-38)67-55(75)35(3)62-5/h6-16,24-25,33-35,38,41,50-51,53,62-63,66H,17-23,26-32H2,1-5H3,(H,64,77)(H,65,72)(H,67,75)(H,68,76)/t33-,34-,35+,41-,50+,51+,53?,58-/m1/s1. The molecule has 0 saturated carbocycles. The number of likely N-dealkylation sites (N-methyl/N-ethyl adjacent to an activating group) is 1. The number of fused-ring (bicyclic) bond motifs is 2. The first-order chi connectivity index (χ1) is 37.9. The summed E-state index contributed by atoms with van der Waals surface area (Å²) < 4.78 is 55.2. The average Bonchev–Trinajstić information content (AvgIpc) is 4.20. The molecule has 0 aliphatic carbocycles. The van der Waals surface area contributed by atoms with Gasteiger partial charge in [0.15, 0.2) is 5.78 Å². The summed E-state index contributed by atoms with van der Waals surface area (Å²) >= 11 is 0. The van der Waals surface area contributed by atoms with E-state index in [2.05, 4.69) is 60.9 Å². The summed E-state index contributed by atoms with van der Waals surface area (Å²) in [5, 5.41) is 20.4. The fourth-order valence-electron chi connectivity index (χ4n) is 11.5. The van der Waals surface area contributed by atoms with Gasteiger partial charge >= 0.3 is 0 Å². The van der Waals surface area contributed by atoms with Gasteiger partial charge in [-0.05, 0) is 131 Å². The number of carbonyl (C=O) groups excluding carboxylic acids is 6. The van der Waals surface area contributed by atoms with Crippen LogP contribution in [0, 0.1) is 23.4 Å². The summed E-state index contributed by atoms with van der Waals surface area (Å²) in [6, 6.07) is 16.9. The van der Waals surface area contributed by atoms with Crippen LogP contribution in [0.25, 0.3) is 0 Å². The van der Waals surface area contributed by atoms with Gasteiger partial charge in [0.1, 0.15) is 29.2 Å². The summed E-state index contributed by atoms with van der Waals surface area (Å²) in [6.07, 6.45) is 1.34. The number of benzene rings is 4. The first kappa shape index (κ1) is 57.0. The van der Waals surface area contributed by atoms with Crippen molar-refractivity contribution < 1.29 is 51.4 Å². The molecule has 0 spiro atoms. The van der Waals surface area contributed by atoms with Gasteiger partial charge in [-0.3, -0.25) is 38.6 Å². The molecule has 5 heterocycles. The Kier molecular flexibility index (Phi) is 17.8. The van der Waals surface area contributed by atoms with Crippen molar-refractivity contribution >= 4 is 58.1 Å². The van der Waals surface area contributed by atoms with Crippen LogP contribution in [-0.2, 0) is 50.1 Å². The van der Waals surface area contributed by atoms with E-state index in [1.807, 2.05) is 18.2 Å². The van der Waals surface area contributed by atoms with Gasteiger partial charge in [0.2, 0.25) is 29.5 Å². The zero-order chi connectivity index (χ0) is 56.1. The highest BCUT2D eigenvalue weighted by Gasteiger charge is 2.49. The lowest BCUT2D eigenvalue weighted by atomic mass is 9.82. The molecule has 422 valence electrons. The number of morpholine rings is 1. The molecule has 5 aliphatic heterocycles. The number of halogens is 3. The minimum absolute atomic E-state index is 0.00699. The Hall–Kier alpha value is -6.75. The molecule has 8 atom stereocenters. The van der Waals surface area contributed by atoms with Gasteiger partial charge in [-0.15, -0.1) is 0 Å². The number of nitrogens with zero attached hydrogens (tertiary/aromatic N) is 3. The van der Waals surface area contributed by atoms with Crippen molar-refractivity contribution in [2.45, 2.75) is 94.5 Å². The Morgan fingerprint density at radius 2 is 1.59 bits per heavy atom. The molecule has 5 amide bonds. The number of amides is 5. The lowest BCUT2D eigenvalue weighted by Gasteiger charge is -2.43. The van der Waals surface area contributed by atoms with E-state index in [1.54, 1.807) is 50.1 Å². The van der Waals surface area contributed by atoms with Crippen molar-refractivity contribution in [3.63, 3.8) is 0 Å². The molecular formula is C58H71F3N10O8. The van der Waals surface area contributed by atoms with Crippen LogP contribution in [0.3, 0.4) is 0 Å². The van der Waals surface area contributed by atoms with Gasteiger partial charge in [-0.2, -0.15) is 0 Å². The van der Waals surface area contributed by atoms with Gasteiger partial charge in [-0.1, -0.05) is 30.3 Å². The topological polar surface area (TPSA) is 215 Å². The van der Waals surface area contributed by atoms with Gasteiger partial charge in [0.25, 0.3) is 0 Å². The SMILES string of the molecule is CN[C@@H](C)C(=O)N[C@H](C(=O)C1Nc2ccc(NC(=O)CNC(=O)[C@]3(C)CN(C(=O)CN4C[C@@H](C)NC[C@@H]4CN4CCOC[C@H]4C)c4cc(Cc5ccc(F)cc5)ccc43)cc2[C@@H]1C(=O)Nc1c(F)cccc1F)C1CCOCC1. The highest BCUT2D eigenvalue weighted by atomic mass is 19.1. The van der Waals surface area contributed by atoms with E-state index in [9.17, 15) is 33.2 Å². The minimum atomic E-state index is -1.40. The number of para-hydroxylation sites is 1. The Morgan fingerprint density at radius 1 is 0.861 bits per heavy atom. The number of anilines is 4. The van der Waals surface area contributed by atoms with E-state index in [1.165, 1.54) is 18.2 Å². The first-order valence-electron chi connectivity index (χ1n) is 27.2. The average molecular weight is 1090 g/mol. The largest absolute Gasteiger partial charge is 0.381 e. The second kappa shape index (κ2) is 24.7. The van der Waals surface area contributed by atoms with Gasteiger partial charge < -0.3 is 51.6 Å². The third-order valence-electron chi connectivity index (χ3n) is 16.3. The Morgan fingerprint density at radius 3 is 2.32 bits per heavy atom. The summed E-state index contributed by atoms with van der Waals surface area (Å²) in [4.78, 5) is 92.0. The molecule has 18 nitrogen and oxygen atoms in total. The van der Waals surface area contributed by atoms with Crippen LogP contribution in [0.1, 0.15) is 68.7 Å². The normalized spacial score (nSPS) is 24.1. The molecule has 0 radical (unpaired) electrons. The lowest BCUT2D eigenvalue weighted by Crippen LogP contribution is -2.62. The molecule has 21 heteroatoms. The Balaban J connectivity index is 0.934. The van der Waals surface area contributed by atoms with Crippen molar-refractivity contribution in [1.29, 1.82) is 0 Å². The zero-order valence-corrected chi connectivity index (χ0v) is 45.3. The van der Waals surface area contributed by atoms with Gasteiger partial charge in [0.05, 0.1) is 49.7 Å². The number of nitrogens with one attached hydrogen (secondary N) is 7. The second-order valence-corrected chi connectivity index (χ2v) is 21.8.